The summed E-state index contributed by atoms with van der Waals surface area (Å²) in [4.78, 5) is 24.5. The molecular formula is C15H15Cl2F3N2O4. The van der Waals surface area contributed by atoms with Gasteiger partial charge < -0.3 is 15.2 Å². The lowest BCUT2D eigenvalue weighted by molar-refractivity contribution is -0.328. The normalized spacial score (nSPS) is 26.5. The molecule has 0 radical (unpaired) electrons. The van der Waals surface area contributed by atoms with E-state index in [1.165, 1.54) is 25.1 Å². The van der Waals surface area contributed by atoms with Crippen molar-refractivity contribution >= 4 is 35.2 Å². The Hall–Kier alpha value is -1.71. The van der Waals surface area contributed by atoms with Crippen molar-refractivity contribution in [2.75, 3.05) is 13.7 Å². The van der Waals surface area contributed by atoms with E-state index in [-0.39, 0.29) is 27.1 Å². The number of carbonyl (C=O) groups excluding carboxylic acids is 2. The first kappa shape index (κ1) is 20.6. The van der Waals surface area contributed by atoms with Gasteiger partial charge in [0.2, 0.25) is 0 Å². The molecule has 1 aliphatic heterocycles. The van der Waals surface area contributed by atoms with Gasteiger partial charge in [-0.15, -0.1) is 0 Å². The Bertz CT molecular complexity index is 731. The number of ether oxygens (including phenoxy) is 1. The Morgan fingerprint density at radius 3 is 2.58 bits per heavy atom. The fourth-order valence-corrected chi connectivity index (χ4v) is 3.25. The number of nitrogens with one attached hydrogen (secondary N) is 1. The highest BCUT2D eigenvalue weighted by Gasteiger charge is 2.70. The lowest BCUT2D eigenvalue weighted by atomic mass is 9.81. The Balaban J connectivity index is 2.71. The van der Waals surface area contributed by atoms with Gasteiger partial charge in [-0.05, 0) is 18.6 Å². The van der Waals surface area contributed by atoms with Crippen molar-refractivity contribution in [3.05, 3.63) is 33.8 Å². The molecule has 0 spiro atoms. The number of alkyl halides is 3. The average molecular weight is 415 g/mol. The molecule has 0 aliphatic carbocycles. The van der Waals surface area contributed by atoms with Gasteiger partial charge in [0.15, 0.2) is 0 Å². The molecular weight excluding hydrogens is 400 g/mol. The van der Waals surface area contributed by atoms with E-state index in [0.29, 0.717) is 0 Å². The van der Waals surface area contributed by atoms with E-state index in [4.69, 9.17) is 27.9 Å². The summed E-state index contributed by atoms with van der Waals surface area (Å²) in [6.45, 7) is 1.17. The molecule has 6 nitrogen and oxygen atoms in total. The summed E-state index contributed by atoms with van der Waals surface area (Å²) in [5.41, 5.74) is -3.86. The molecule has 1 fully saturated rings. The van der Waals surface area contributed by atoms with E-state index in [9.17, 15) is 27.9 Å². The third-order valence-electron chi connectivity index (χ3n) is 4.14. The first-order chi connectivity index (χ1) is 12.0. The number of rotatable bonds is 3. The quantitative estimate of drug-likeness (QED) is 0.744. The van der Waals surface area contributed by atoms with Gasteiger partial charge in [-0.3, -0.25) is 9.69 Å². The molecule has 1 aromatic carbocycles. The molecule has 144 valence electrons. The van der Waals surface area contributed by atoms with Crippen LogP contribution < -0.4 is 5.32 Å². The maximum atomic E-state index is 13.7. The summed E-state index contributed by atoms with van der Waals surface area (Å²) < 4.78 is 45.9. The minimum atomic E-state index is -5.35. The van der Waals surface area contributed by atoms with Crippen LogP contribution >= 0.6 is 23.2 Å². The minimum absolute atomic E-state index is 0.00972. The number of benzene rings is 1. The third kappa shape index (κ3) is 3.19. The molecule has 3 atom stereocenters. The Kier molecular flexibility index (Phi) is 5.65. The average Bonchev–Trinajstić information content (AvgIpc) is 2.54. The van der Waals surface area contributed by atoms with Crippen LogP contribution in [0.4, 0.5) is 18.0 Å². The van der Waals surface area contributed by atoms with Crippen molar-refractivity contribution in [3.63, 3.8) is 0 Å². The molecule has 1 heterocycles. The summed E-state index contributed by atoms with van der Waals surface area (Å²) in [6, 6.07) is 1.22. The first-order valence-electron chi connectivity index (χ1n) is 7.40. The first-order valence-corrected chi connectivity index (χ1v) is 8.16. The van der Waals surface area contributed by atoms with Crippen LogP contribution in [0.15, 0.2) is 18.2 Å². The van der Waals surface area contributed by atoms with Gasteiger partial charge in [0, 0.05) is 7.05 Å². The van der Waals surface area contributed by atoms with E-state index < -0.39 is 35.9 Å². The zero-order valence-corrected chi connectivity index (χ0v) is 15.1. The lowest BCUT2D eigenvalue weighted by Gasteiger charge is -2.49. The van der Waals surface area contributed by atoms with Crippen molar-refractivity contribution in [3.8, 4) is 0 Å². The minimum Gasteiger partial charge on any atom is -0.466 e. The van der Waals surface area contributed by atoms with Crippen molar-refractivity contribution < 1.29 is 32.6 Å². The SMILES string of the molecule is CCOC(=O)[C@@H]1[C@H](c2cccc(Cl)c2Cl)NC(=O)N(C)[C@]1(O)C(F)(F)F. The molecule has 1 aromatic rings. The van der Waals surface area contributed by atoms with E-state index in [2.05, 4.69) is 5.32 Å². The highest BCUT2D eigenvalue weighted by Crippen LogP contribution is 2.48. The fraction of sp³-hybridized carbons (Fsp3) is 0.467. The second-order valence-corrected chi connectivity index (χ2v) is 6.37. The van der Waals surface area contributed by atoms with Crippen LogP contribution in [0.2, 0.25) is 10.0 Å². The second kappa shape index (κ2) is 7.13. The maximum Gasteiger partial charge on any atom is 0.437 e. The summed E-state index contributed by atoms with van der Waals surface area (Å²) in [5, 5.41) is 12.6. The number of amides is 2. The predicted octanol–water partition coefficient (Wildman–Crippen LogP) is 3.12. The molecule has 11 heteroatoms. The van der Waals surface area contributed by atoms with Gasteiger partial charge >= 0.3 is 18.2 Å². The number of halogens is 5. The Morgan fingerprint density at radius 1 is 1.42 bits per heavy atom. The second-order valence-electron chi connectivity index (χ2n) is 5.58. The van der Waals surface area contributed by atoms with E-state index in [1.807, 2.05) is 0 Å². The molecule has 2 rings (SSSR count). The molecule has 0 bridgehead atoms. The van der Waals surface area contributed by atoms with Gasteiger partial charge in [0.25, 0.3) is 5.72 Å². The monoisotopic (exact) mass is 414 g/mol. The van der Waals surface area contributed by atoms with Crippen molar-refractivity contribution in [1.82, 2.24) is 10.2 Å². The highest BCUT2D eigenvalue weighted by atomic mass is 35.5. The molecule has 26 heavy (non-hydrogen) atoms. The number of urea groups is 1. The summed E-state index contributed by atoms with van der Waals surface area (Å²) in [7, 11) is 0.727. The largest absolute Gasteiger partial charge is 0.466 e. The zero-order chi connectivity index (χ0) is 19.9. The van der Waals surface area contributed by atoms with Crippen LogP contribution in [0.25, 0.3) is 0 Å². The smallest absolute Gasteiger partial charge is 0.437 e. The molecule has 0 saturated carbocycles. The number of aliphatic hydroxyl groups is 1. The summed E-state index contributed by atoms with van der Waals surface area (Å²) in [5.74, 6) is -3.58. The molecule has 1 aliphatic rings. The van der Waals surface area contributed by atoms with Gasteiger partial charge in [0.05, 0.1) is 22.7 Å². The standard InChI is InChI=1S/C15H15Cl2F3N2O4/c1-3-26-12(23)9-11(7-5-4-6-8(16)10(7)17)21-13(24)22(2)14(9,25)15(18,19)20/h4-6,9,11,25H,3H2,1-2H3,(H,21,24)/t9-,11-,14+/m0/s1. The fourth-order valence-electron chi connectivity index (χ4n) is 2.83. The van der Waals surface area contributed by atoms with Gasteiger partial charge in [-0.1, -0.05) is 35.3 Å². The molecule has 2 N–H and O–H groups in total. The van der Waals surface area contributed by atoms with E-state index >= 15 is 0 Å². The lowest BCUT2D eigenvalue weighted by Crippen LogP contribution is -2.73. The number of esters is 1. The van der Waals surface area contributed by atoms with Gasteiger partial charge in [-0.25, -0.2) is 4.79 Å². The van der Waals surface area contributed by atoms with Crippen LogP contribution in [-0.4, -0.2) is 47.6 Å². The maximum absolute atomic E-state index is 13.7. The molecule has 0 aromatic heterocycles. The van der Waals surface area contributed by atoms with Crippen LogP contribution in [0.1, 0.15) is 18.5 Å². The van der Waals surface area contributed by atoms with E-state index in [0.717, 1.165) is 7.05 Å². The molecule has 2 amide bonds. The number of carbonyl (C=O) groups is 2. The number of hydrogen-bond acceptors (Lipinski definition) is 4. The Labute approximate surface area is 156 Å². The van der Waals surface area contributed by atoms with Crippen LogP contribution in [0.5, 0.6) is 0 Å². The molecule has 0 unspecified atom stereocenters. The predicted molar refractivity (Wildman–Crippen MR) is 86.6 cm³/mol. The van der Waals surface area contributed by atoms with Crippen LogP contribution in [0, 0.1) is 5.92 Å². The third-order valence-corrected chi connectivity index (χ3v) is 4.97. The highest BCUT2D eigenvalue weighted by molar-refractivity contribution is 6.42. The van der Waals surface area contributed by atoms with Crippen molar-refractivity contribution in [2.24, 2.45) is 5.92 Å². The zero-order valence-electron chi connectivity index (χ0n) is 13.6. The van der Waals surface area contributed by atoms with Crippen LogP contribution in [0.3, 0.4) is 0 Å². The van der Waals surface area contributed by atoms with E-state index in [1.54, 1.807) is 0 Å². The molecule has 1 saturated heterocycles. The van der Waals surface area contributed by atoms with Crippen molar-refractivity contribution in [1.29, 1.82) is 0 Å². The Morgan fingerprint density at radius 2 is 2.04 bits per heavy atom. The van der Waals surface area contributed by atoms with Crippen LogP contribution in [-0.2, 0) is 9.53 Å². The number of nitrogens with zero attached hydrogens (tertiary/aromatic N) is 1. The van der Waals surface area contributed by atoms with Gasteiger partial charge in [0.1, 0.15) is 5.92 Å². The number of hydrogen-bond donors (Lipinski definition) is 2. The summed E-state index contributed by atoms with van der Waals surface area (Å²) >= 11 is 11.9. The van der Waals surface area contributed by atoms with Gasteiger partial charge in [-0.2, -0.15) is 13.2 Å². The summed E-state index contributed by atoms with van der Waals surface area (Å²) in [6.07, 6.45) is -5.35. The van der Waals surface area contributed by atoms with Crippen molar-refractivity contribution in [2.45, 2.75) is 24.9 Å². The topological polar surface area (TPSA) is 78.9 Å².